The van der Waals surface area contributed by atoms with Gasteiger partial charge in [-0.2, -0.15) is 0 Å². The van der Waals surface area contributed by atoms with Crippen LogP contribution in [0.15, 0.2) is 0 Å². The normalized spacial score (nSPS) is 18.7. The number of carbonyl (C=O) groups excluding carboxylic acids is 1. The molecule has 0 aromatic carbocycles. The standard InChI is InChI=1S/C15H30N2O/c1-12(2)8-6-4-5-7-11-17-14(18)15(3,16)13-9-10-13/h12-13H,4-11,16H2,1-3H3,(H,17,18). The van der Waals surface area contributed by atoms with E-state index < -0.39 is 5.54 Å². The minimum Gasteiger partial charge on any atom is -0.355 e. The Bertz CT molecular complexity index is 257. The second kappa shape index (κ2) is 7.13. The van der Waals surface area contributed by atoms with Crippen LogP contribution in [-0.4, -0.2) is 18.0 Å². The summed E-state index contributed by atoms with van der Waals surface area (Å²) < 4.78 is 0. The van der Waals surface area contributed by atoms with E-state index in [9.17, 15) is 4.79 Å². The first kappa shape index (κ1) is 15.5. The minimum absolute atomic E-state index is 0.0344. The topological polar surface area (TPSA) is 55.1 Å². The summed E-state index contributed by atoms with van der Waals surface area (Å²) in [4.78, 5) is 11.9. The molecule has 18 heavy (non-hydrogen) atoms. The van der Waals surface area contributed by atoms with Gasteiger partial charge in [0.1, 0.15) is 0 Å². The highest BCUT2D eigenvalue weighted by atomic mass is 16.2. The van der Waals surface area contributed by atoms with Gasteiger partial charge in [0.15, 0.2) is 0 Å². The highest BCUT2D eigenvalue weighted by molar-refractivity contribution is 5.86. The van der Waals surface area contributed by atoms with Gasteiger partial charge in [0, 0.05) is 6.54 Å². The highest BCUT2D eigenvalue weighted by Crippen LogP contribution is 2.38. The first-order valence-corrected chi connectivity index (χ1v) is 7.51. The molecule has 1 amide bonds. The molecule has 0 bridgehead atoms. The Morgan fingerprint density at radius 1 is 1.28 bits per heavy atom. The molecule has 3 nitrogen and oxygen atoms in total. The van der Waals surface area contributed by atoms with Crippen molar-refractivity contribution in [1.82, 2.24) is 5.32 Å². The van der Waals surface area contributed by atoms with Crippen molar-refractivity contribution >= 4 is 5.91 Å². The maximum atomic E-state index is 11.9. The minimum atomic E-state index is -0.641. The van der Waals surface area contributed by atoms with Gasteiger partial charge in [0.05, 0.1) is 5.54 Å². The van der Waals surface area contributed by atoms with Crippen molar-refractivity contribution in [3.8, 4) is 0 Å². The van der Waals surface area contributed by atoms with Crippen LogP contribution >= 0.6 is 0 Å². The van der Waals surface area contributed by atoms with Crippen molar-refractivity contribution in [2.75, 3.05) is 6.54 Å². The van der Waals surface area contributed by atoms with Gasteiger partial charge >= 0.3 is 0 Å². The summed E-state index contributed by atoms with van der Waals surface area (Å²) in [6.07, 6.45) is 8.39. The molecular weight excluding hydrogens is 224 g/mol. The molecule has 0 aromatic rings. The van der Waals surface area contributed by atoms with E-state index >= 15 is 0 Å². The van der Waals surface area contributed by atoms with Crippen LogP contribution in [0.2, 0.25) is 0 Å². The molecule has 1 aliphatic rings. The molecular formula is C15H30N2O. The molecule has 1 aliphatic carbocycles. The molecule has 0 spiro atoms. The van der Waals surface area contributed by atoms with Crippen molar-refractivity contribution in [2.45, 2.75) is 71.3 Å². The quantitative estimate of drug-likeness (QED) is 0.622. The molecule has 106 valence electrons. The van der Waals surface area contributed by atoms with Crippen LogP contribution in [-0.2, 0) is 4.79 Å². The molecule has 1 atom stereocenters. The zero-order chi connectivity index (χ0) is 13.6. The second-order valence-corrected chi connectivity index (χ2v) is 6.41. The largest absolute Gasteiger partial charge is 0.355 e. The maximum Gasteiger partial charge on any atom is 0.240 e. The molecule has 1 fully saturated rings. The lowest BCUT2D eigenvalue weighted by molar-refractivity contribution is -0.126. The third-order valence-electron chi connectivity index (χ3n) is 3.91. The lowest BCUT2D eigenvalue weighted by Crippen LogP contribution is -2.53. The van der Waals surface area contributed by atoms with E-state index in [1.165, 1.54) is 25.7 Å². The third-order valence-corrected chi connectivity index (χ3v) is 3.91. The molecule has 3 heteroatoms. The van der Waals surface area contributed by atoms with Crippen LogP contribution in [0.3, 0.4) is 0 Å². The number of carbonyl (C=O) groups is 1. The van der Waals surface area contributed by atoms with E-state index in [1.807, 2.05) is 6.92 Å². The lowest BCUT2D eigenvalue weighted by Gasteiger charge is -2.23. The van der Waals surface area contributed by atoms with Gasteiger partial charge in [-0.3, -0.25) is 4.79 Å². The van der Waals surface area contributed by atoms with Gasteiger partial charge < -0.3 is 11.1 Å². The Labute approximate surface area is 112 Å². The Balaban J connectivity index is 1.99. The van der Waals surface area contributed by atoms with Gasteiger partial charge in [-0.25, -0.2) is 0 Å². The molecule has 0 radical (unpaired) electrons. The first-order chi connectivity index (χ1) is 8.44. The molecule has 0 heterocycles. The van der Waals surface area contributed by atoms with Gasteiger partial charge in [0.2, 0.25) is 5.91 Å². The van der Waals surface area contributed by atoms with Gasteiger partial charge in [0.25, 0.3) is 0 Å². The Kier molecular flexibility index (Phi) is 6.13. The van der Waals surface area contributed by atoms with Crippen LogP contribution in [0.1, 0.15) is 65.7 Å². The van der Waals surface area contributed by atoms with Crippen LogP contribution in [0.4, 0.5) is 0 Å². The fourth-order valence-corrected chi connectivity index (χ4v) is 2.29. The van der Waals surface area contributed by atoms with Gasteiger partial charge in [-0.15, -0.1) is 0 Å². The van der Waals surface area contributed by atoms with Crippen molar-refractivity contribution in [3.63, 3.8) is 0 Å². The van der Waals surface area contributed by atoms with Crippen molar-refractivity contribution < 1.29 is 4.79 Å². The molecule has 0 aromatic heterocycles. The van der Waals surface area contributed by atoms with Gasteiger partial charge in [-0.05, 0) is 38.0 Å². The number of unbranched alkanes of at least 4 members (excludes halogenated alkanes) is 3. The first-order valence-electron chi connectivity index (χ1n) is 7.51. The van der Waals surface area contributed by atoms with Crippen molar-refractivity contribution in [2.24, 2.45) is 17.6 Å². The molecule has 0 aliphatic heterocycles. The molecule has 1 unspecified atom stereocenters. The van der Waals surface area contributed by atoms with E-state index in [0.717, 1.165) is 31.7 Å². The molecule has 0 saturated heterocycles. The predicted molar refractivity (Wildman–Crippen MR) is 76.2 cm³/mol. The fraction of sp³-hybridized carbons (Fsp3) is 0.933. The Hall–Kier alpha value is -0.570. The van der Waals surface area contributed by atoms with Crippen LogP contribution in [0.5, 0.6) is 0 Å². The summed E-state index contributed by atoms with van der Waals surface area (Å²) in [6.45, 7) is 7.17. The highest BCUT2D eigenvalue weighted by Gasteiger charge is 2.43. The lowest BCUT2D eigenvalue weighted by atomic mass is 9.96. The average molecular weight is 254 g/mol. The number of hydrogen-bond acceptors (Lipinski definition) is 2. The van der Waals surface area contributed by atoms with E-state index in [4.69, 9.17) is 5.73 Å². The Morgan fingerprint density at radius 2 is 1.89 bits per heavy atom. The molecule has 1 saturated carbocycles. The summed E-state index contributed by atoms with van der Waals surface area (Å²) in [5.74, 6) is 1.25. The summed E-state index contributed by atoms with van der Waals surface area (Å²) >= 11 is 0. The zero-order valence-corrected chi connectivity index (χ0v) is 12.3. The third kappa shape index (κ3) is 5.38. The SMILES string of the molecule is CC(C)CCCCCCNC(=O)C(C)(N)C1CC1. The second-order valence-electron chi connectivity index (χ2n) is 6.41. The summed E-state index contributed by atoms with van der Waals surface area (Å²) in [7, 11) is 0. The van der Waals surface area contributed by atoms with Crippen LogP contribution < -0.4 is 11.1 Å². The van der Waals surface area contributed by atoms with E-state index in [2.05, 4.69) is 19.2 Å². The number of hydrogen-bond donors (Lipinski definition) is 2. The maximum absolute atomic E-state index is 11.9. The summed E-state index contributed by atoms with van der Waals surface area (Å²) in [5, 5.41) is 2.98. The van der Waals surface area contributed by atoms with Crippen molar-refractivity contribution in [3.05, 3.63) is 0 Å². The van der Waals surface area contributed by atoms with Crippen LogP contribution in [0, 0.1) is 11.8 Å². The van der Waals surface area contributed by atoms with Crippen molar-refractivity contribution in [1.29, 1.82) is 0 Å². The van der Waals surface area contributed by atoms with E-state index in [0.29, 0.717) is 5.92 Å². The summed E-state index contributed by atoms with van der Waals surface area (Å²) in [6, 6.07) is 0. The monoisotopic (exact) mass is 254 g/mol. The zero-order valence-electron chi connectivity index (χ0n) is 12.3. The number of rotatable bonds is 9. The molecule has 3 N–H and O–H groups in total. The number of amides is 1. The Morgan fingerprint density at radius 3 is 2.44 bits per heavy atom. The fourth-order valence-electron chi connectivity index (χ4n) is 2.29. The smallest absolute Gasteiger partial charge is 0.240 e. The predicted octanol–water partition coefficient (Wildman–Crippen LogP) is 2.84. The summed E-state index contributed by atoms with van der Waals surface area (Å²) in [5.41, 5.74) is 5.41. The van der Waals surface area contributed by atoms with E-state index in [1.54, 1.807) is 0 Å². The van der Waals surface area contributed by atoms with Crippen LogP contribution in [0.25, 0.3) is 0 Å². The number of nitrogens with two attached hydrogens (primary N) is 1. The molecule has 1 rings (SSSR count). The average Bonchev–Trinajstić information content (AvgIpc) is 3.10. The number of nitrogens with one attached hydrogen (secondary N) is 1. The van der Waals surface area contributed by atoms with Gasteiger partial charge in [-0.1, -0.05) is 39.5 Å². The van der Waals surface area contributed by atoms with E-state index in [-0.39, 0.29) is 5.91 Å².